The molecule has 0 amide bonds. The van der Waals surface area contributed by atoms with E-state index in [1.165, 1.54) is 32.2 Å². The number of carbonyl (C=O) groups excluding carboxylic acids is 2. The molecule has 5 nitrogen and oxygen atoms in total. The van der Waals surface area contributed by atoms with Gasteiger partial charge in [0.05, 0.1) is 7.11 Å². The molecule has 0 spiro atoms. The number of phenols is 1. The van der Waals surface area contributed by atoms with Crippen LogP contribution in [0.4, 0.5) is 0 Å². The van der Waals surface area contributed by atoms with Crippen molar-refractivity contribution in [2.45, 2.75) is 6.92 Å². The summed E-state index contributed by atoms with van der Waals surface area (Å²) in [5, 5.41) is 9.31. The lowest BCUT2D eigenvalue weighted by atomic mass is 10.1. The van der Waals surface area contributed by atoms with Crippen LogP contribution >= 0.6 is 0 Å². The van der Waals surface area contributed by atoms with E-state index in [0.29, 0.717) is 5.56 Å². The van der Waals surface area contributed by atoms with Crippen LogP contribution in [0, 0.1) is 0 Å². The van der Waals surface area contributed by atoms with Crippen molar-refractivity contribution in [3.8, 4) is 11.5 Å². The maximum atomic E-state index is 11.5. The summed E-state index contributed by atoms with van der Waals surface area (Å²) in [7, 11) is 1.38. The van der Waals surface area contributed by atoms with Gasteiger partial charge < -0.3 is 14.6 Å². The molecule has 0 unspecified atom stereocenters. The van der Waals surface area contributed by atoms with Crippen molar-refractivity contribution >= 4 is 11.8 Å². The molecule has 0 aliphatic carbocycles. The number of phenolic OH excluding ortho intramolecular Hbond substituents is 1. The molecule has 0 fully saturated rings. The topological polar surface area (TPSA) is 72.8 Å². The van der Waals surface area contributed by atoms with Crippen LogP contribution in [0.25, 0.3) is 0 Å². The second-order valence-corrected chi connectivity index (χ2v) is 3.09. The van der Waals surface area contributed by atoms with Gasteiger partial charge in [0.25, 0.3) is 0 Å². The van der Waals surface area contributed by atoms with E-state index in [-0.39, 0.29) is 23.9 Å². The summed E-state index contributed by atoms with van der Waals surface area (Å²) in [5.74, 6) is -0.715. The highest BCUT2D eigenvalue weighted by Gasteiger charge is 2.10. The summed E-state index contributed by atoms with van der Waals surface area (Å²) in [5.41, 5.74) is 0.316. The van der Waals surface area contributed by atoms with Crippen LogP contribution < -0.4 is 4.74 Å². The number of carbonyl (C=O) groups is 2. The van der Waals surface area contributed by atoms with Gasteiger partial charge >= 0.3 is 5.97 Å². The number of Topliss-reactive ketones (excluding diaryl/α,β-unsaturated/α-hetero) is 1. The second kappa shape index (κ2) is 5.16. The Labute approximate surface area is 92.6 Å². The largest absolute Gasteiger partial charge is 0.504 e. The minimum atomic E-state index is -0.515. The van der Waals surface area contributed by atoms with Gasteiger partial charge in [-0.3, -0.25) is 9.59 Å². The van der Waals surface area contributed by atoms with E-state index >= 15 is 0 Å². The van der Waals surface area contributed by atoms with Gasteiger partial charge in [0, 0.05) is 12.5 Å². The number of methoxy groups -OCH3 is 1. The molecule has 0 radical (unpaired) electrons. The lowest BCUT2D eigenvalue weighted by Gasteiger charge is -2.06. The monoisotopic (exact) mass is 224 g/mol. The number of esters is 1. The van der Waals surface area contributed by atoms with Crippen molar-refractivity contribution in [3.63, 3.8) is 0 Å². The molecular formula is C11H12O5. The van der Waals surface area contributed by atoms with Crippen LogP contribution in [-0.4, -0.2) is 30.6 Å². The average Bonchev–Trinajstić information content (AvgIpc) is 2.26. The zero-order chi connectivity index (χ0) is 12.1. The second-order valence-electron chi connectivity index (χ2n) is 3.09. The Hall–Kier alpha value is -2.04. The number of ketones is 1. The molecule has 1 aromatic carbocycles. The number of hydrogen-bond acceptors (Lipinski definition) is 5. The van der Waals surface area contributed by atoms with Crippen LogP contribution in [0.15, 0.2) is 18.2 Å². The first-order valence-electron chi connectivity index (χ1n) is 4.58. The number of aromatic hydroxyl groups is 1. The van der Waals surface area contributed by atoms with E-state index in [1.807, 2.05) is 0 Å². The van der Waals surface area contributed by atoms with Crippen molar-refractivity contribution in [1.82, 2.24) is 0 Å². The van der Waals surface area contributed by atoms with Crippen molar-refractivity contribution < 1.29 is 24.2 Å². The van der Waals surface area contributed by atoms with E-state index in [0.717, 1.165) is 0 Å². The molecule has 1 rings (SSSR count). The number of ether oxygens (including phenoxy) is 2. The van der Waals surface area contributed by atoms with E-state index in [2.05, 4.69) is 4.74 Å². The quantitative estimate of drug-likeness (QED) is 0.613. The molecule has 16 heavy (non-hydrogen) atoms. The molecule has 0 saturated carbocycles. The summed E-state index contributed by atoms with van der Waals surface area (Å²) < 4.78 is 9.42. The molecule has 0 aliphatic rings. The zero-order valence-corrected chi connectivity index (χ0v) is 9.02. The molecule has 86 valence electrons. The first-order valence-corrected chi connectivity index (χ1v) is 4.58. The van der Waals surface area contributed by atoms with Crippen LogP contribution in [0.2, 0.25) is 0 Å². The van der Waals surface area contributed by atoms with Gasteiger partial charge in [-0.2, -0.15) is 0 Å². The standard InChI is InChI=1S/C11H12O5/c1-7(12)16-6-10(14)8-3-4-9(13)11(5-8)15-2/h3-5,13H,6H2,1-2H3. The molecule has 0 heterocycles. The summed E-state index contributed by atoms with van der Waals surface area (Å²) in [6.07, 6.45) is 0. The summed E-state index contributed by atoms with van der Waals surface area (Å²) >= 11 is 0. The molecule has 0 saturated heterocycles. The minimum absolute atomic E-state index is 0.0495. The van der Waals surface area contributed by atoms with Crippen LogP contribution in [0.1, 0.15) is 17.3 Å². The van der Waals surface area contributed by atoms with E-state index in [9.17, 15) is 14.7 Å². The third-order valence-corrected chi connectivity index (χ3v) is 1.91. The third kappa shape index (κ3) is 2.98. The van der Waals surface area contributed by atoms with Gasteiger partial charge in [-0.1, -0.05) is 0 Å². The summed E-state index contributed by atoms with van der Waals surface area (Å²) in [6.45, 7) is 0.911. The lowest BCUT2D eigenvalue weighted by molar-refractivity contribution is -0.139. The SMILES string of the molecule is COc1cc(C(=O)COC(C)=O)ccc1O. The molecule has 0 bridgehead atoms. The van der Waals surface area contributed by atoms with Gasteiger partial charge in [0.1, 0.15) is 0 Å². The number of benzene rings is 1. The Kier molecular flexibility index (Phi) is 3.88. The fourth-order valence-corrected chi connectivity index (χ4v) is 1.10. The average molecular weight is 224 g/mol. The van der Waals surface area contributed by atoms with Crippen LogP contribution in [-0.2, 0) is 9.53 Å². The Balaban J connectivity index is 2.80. The lowest BCUT2D eigenvalue weighted by Crippen LogP contribution is -2.11. The van der Waals surface area contributed by atoms with E-state index in [1.54, 1.807) is 0 Å². The summed E-state index contributed by atoms with van der Waals surface area (Å²) in [6, 6.07) is 4.17. The third-order valence-electron chi connectivity index (χ3n) is 1.91. The Morgan fingerprint density at radius 3 is 2.62 bits per heavy atom. The highest BCUT2D eigenvalue weighted by atomic mass is 16.5. The molecule has 1 N–H and O–H groups in total. The number of rotatable bonds is 4. The van der Waals surface area contributed by atoms with E-state index < -0.39 is 5.97 Å². The highest BCUT2D eigenvalue weighted by Crippen LogP contribution is 2.26. The Bertz CT molecular complexity index is 411. The molecular weight excluding hydrogens is 212 g/mol. The van der Waals surface area contributed by atoms with Gasteiger partial charge in [-0.05, 0) is 18.2 Å². The molecule has 0 aromatic heterocycles. The van der Waals surface area contributed by atoms with Crippen molar-refractivity contribution in [3.05, 3.63) is 23.8 Å². The normalized spacial score (nSPS) is 9.62. The predicted molar refractivity (Wildman–Crippen MR) is 55.6 cm³/mol. The number of hydrogen-bond donors (Lipinski definition) is 1. The van der Waals surface area contributed by atoms with Crippen molar-refractivity contribution in [1.29, 1.82) is 0 Å². The van der Waals surface area contributed by atoms with Crippen LogP contribution in [0.5, 0.6) is 11.5 Å². The predicted octanol–water partition coefficient (Wildman–Crippen LogP) is 1.15. The zero-order valence-electron chi connectivity index (χ0n) is 9.02. The van der Waals surface area contributed by atoms with Crippen LogP contribution in [0.3, 0.4) is 0 Å². The van der Waals surface area contributed by atoms with Crippen molar-refractivity contribution in [2.24, 2.45) is 0 Å². The molecule has 1 aromatic rings. The van der Waals surface area contributed by atoms with Gasteiger partial charge in [0.2, 0.25) is 0 Å². The Morgan fingerprint density at radius 1 is 1.38 bits per heavy atom. The maximum Gasteiger partial charge on any atom is 0.303 e. The van der Waals surface area contributed by atoms with Crippen molar-refractivity contribution in [2.75, 3.05) is 13.7 Å². The minimum Gasteiger partial charge on any atom is -0.504 e. The first kappa shape index (κ1) is 12.0. The molecule has 5 heteroatoms. The van der Waals surface area contributed by atoms with Gasteiger partial charge in [0.15, 0.2) is 23.9 Å². The van der Waals surface area contributed by atoms with Gasteiger partial charge in [-0.25, -0.2) is 0 Å². The van der Waals surface area contributed by atoms with Gasteiger partial charge in [-0.15, -0.1) is 0 Å². The smallest absolute Gasteiger partial charge is 0.303 e. The highest BCUT2D eigenvalue weighted by molar-refractivity contribution is 5.98. The first-order chi connectivity index (χ1) is 7.54. The fourth-order valence-electron chi connectivity index (χ4n) is 1.10. The fraction of sp³-hybridized carbons (Fsp3) is 0.273. The summed E-state index contributed by atoms with van der Waals surface area (Å²) in [4.78, 5) is 22.0. The maximum absolute atomic E-state index is 11.5. The van der Waals surface area contributed by atoms with E-state index in [4.69, 9.17) is 4.74 Å². The molecule has 0 aliphatic heterocycles. The Morgan fingerprint density at radius 2 is 2.06 bits per heavy atom. The molecule has 0 atom stereocenters.